The summed E-state index contributed by atoms with van der Waals surface area (Å²) in [5, 5.41) is 9.51. The molecule has 1 aliphatic heterocycles. The first-order valence-electron chi connectivity index (χ1n) is 5.73. The highest BCUT2D eigenvalue weighted by molar-refractivity contribution is 4.95. The summed E-state index contributed by atoms with van der Waals surface area (Å²) < 4.78 is 43.0. The van der Waals surface area contributed by atoms with E-state index in [1.54, 1.807) is 18.0 Å². The van der Waals surface area contributed by atoms with Gasteiger partial charge in [-0.2, -0.15) is 13.2 Å². The van der Waals surface area contributed by atoms with Crippen molar-refractivity contribution in [1.82, 2.24) is 9.88 Å². The zero-order chi connectivity index (χ0) is 13.4. The van der Waals surface area contributed by atoms with Gasteiger partial charge in [0.15, 0.2) is 5.60 Å². The predicted octanol–water partition coefficient (Wildman–Crippen LogP) is 1.87. The zero-order valence-corrected chi connectivity index (χ0v) is 10.00. The van der Waals surface area contributed by atoms with E-state index in [4.69, 9.17) is 4.42 Å². The molecule has 1 aromatic heterocycles. The molecule has 1 N–H and O–H groups in total. The third kappa shape index (κ3) is 2.67. The summed E-state index contributed by atoms with van der Waals surface area (Å²) in [6.45, 7) is 2.49. The Labute approximate surface area is 102 Å². The van der Waals surface area contributed by atoms with Gasteiger partial charge in [-0.1, -0.05) is 0 Å². The van der Waals surface area contributed by atoms with E-state index in [2.05, 4.69) is 4.98 Å². The number of aryl methyl sites for hydroxylation is 1. The number of aliphatic hydroxyl groups is 1. The molecule has 0 atom stereocenters. The van der Waals surface area contributed by atoms with Crippen LogP contribution in [0.2, 0.25) is 0 Å². The van der Waals surface area contributed by atoms with Crippen LogP contribution in [0.25, 0.3) is 0 Å². The average Bonchev–Trinajstić information content (AvgIpc) is 2.66. The van der Waals surface area contributed by atoms with Crippen molar-refractivity contribution < 1.29 is 22.7 Å². The summed E-state index contributed by atoms with van der Waals surface area (Å²) in [5.74, 6) is 1.17. The van der Waals surface area contributed by atoms with E-state index in [0.29, 0.717) is 18.2 Å². The largest absolute Gasteiger partial charge is 0.445 e. The van der Waals surface area contributed by atoms with Gasteiger partial charge >= 0.3 is 6.18 Å². The maximum absolute atomic E-state index is 12.6. The molecule has 102 valence electrons. The fourth-order valence-electron chi connectivity index (χ4n) is 2.03. The molecular weight excluding hydrogens is 249 g/mol. The Morgan fingerprint density at radius 1 is 1.44 bits per heavy atom. The molecule has 2 heterocycles. The summed E-state index contributed by atoms with van der Waals surface area (Å²) in [6, 6.07) is 0. The Hall–Kier alpha value is -1.08. The smallest absolute Gasteiger partial charge is 0.417 e. The molecule has 1 aromatic rings. The Balaban J connectivity index is 1.91. The number of halogens is 3. The number of alkyl halides is 3. The maximum Gasteiger partial charge on any atom is 0.417 e. The van der Waals surface area contributed by atoms with Crippen LogP contribution in [0, 0.1) is 6.92 Å². The molecular formula is C11H15F3N2O2. The van der Waals surface area contributed by atoms with Crippen molar-refractivity contribution in [2.75, 3.05) is 13.1 Å². The fourth-order valence-corrected chi connectivity index (χ4v) is 2.03. The van der Waals surface area contributed by atoms with Crippen LogP contribution < -0.4 is 0 Å². The number of hydrogen-bond acceptors (Lipinski definition) is 4. The molecule has 0 saturated carbocycles. The minimum atomic E-state index is -4.56. The molecule has 0 spiro atoms. The monoisotopic (exact) mass is 264 g/mol. The van der Waals surface area contributed by atoms with Gasteiger partial charge in [-0.3, -0.25) is 4.90 Å². The second kappa shape index (κ2) is 4.55. The van der Waals surface area contributed by atoms with Gasteiger partial charge in [0.25, 0.3) is 0 Å². The zero-order valence-electron chi connectivity index (χ0n) is 10.00. The quantitative estimate of drug-likeness (QED) is 0.886. The molecule has 0 unspecified atom stereocenters. The molecule has 0 amide bonds. The first-order chi connectivity index (χ1) is 8.30. The summed E-state index contributed by atoms with van der Waals surface area (Å²) in [7, 11) is 0. The number of piperidine rings is 1. The normalized spacial score (nSPS) is 21.2. The van der Waals surface area contributed by atoms with Crippen LogP contribution in [0.3, 0.4) is 0 Å². The lowest BCUT2D eigenvalue weighted by Gasteiger charge is -2.38. The van der Waals surface area contributed by atoms with E-state index in [-0.39, 0.29) is 25.9 Å². The standard InChI is InChI=1S/C11H15F3N2O2/c1-8-6-15-9(18-8)7-16-4-2-10(17,3-5-16)11(12,13)14/h6,17H,2-5,7H2,1H3. The first-order valence-corrected chi connectivity index (χ1v) is 5.73. The number of oxazole rings is 1. The van der Waals surface area contributed by atoms with Gasteiger partial charge < -0.3 is 9.52 Å². The summed E-state index contributed by atoms with van der Waals surface area (Å²) >= 11 is 0. The molecule has 0 radical (unpaired) electrons. The lowest BCUT2D eigenvalue weighted by molar-refractivity contribution is -0.273. The average molecular weight is 264 g/mol. The number of hydrogen-bond donors (Lipinski definition) is 1. The molecule has 1 fully saturated rings. The topological polar surface area (TPSA) is 49.5 Å². The maximum atomic E-state index is 12.6. The highest BCUT2D eigenvalue weighted by Crippen LogP contribution is 2.38. The van der Waals surface area contributed by atoms with Crippen LogP contribution >= 0.6 is 0 Å². The molecule has 1 aliphatic rings. The van der Waals surface area contributed by atoms with Gasteiger partial charge in [0.05, 0.1) is 12.7 Å². The van der Waals surface area contributed by atoms with Gasteiger partial charge in [0.1, 0.15) is 5.76 Å². The minimum absolute atomic E-state index is 0.178. The lowest BCUT2D eigenvalue weighted by atomic mass is 9.91. The van der Waals surface area contributed by atoms with Crippen molar-refractivity contribution in [3.8, 4) is 0 Å². The van der Waals surface area contributed by atoms with Crippen molar-refractivity contribution in [2.24, 2.45) is 0 Å². The van der Waals surface area contributed by atoms with E-state index in [9.17, 15) is 18.3 Å². The SMILES string of the molecule is Cc1cnc(CN2CCC(O)(C(F)(F)F)CC2)o1. The number of likely N-dealkylation sites (tertiary alicyclic amines) is 1. The third-order valence-electron chi connectivity index (χ3n) is 3.24. The lowest BCUT2D eigenvalue weighted by Crippen LogP contribution is -2.53. The molecule has 7 heteroatoms. The van der Waals surface area contributed by atoms with Crippen LogP contribution in [0.15, 0.2) is 10.6 Å². The van der Waals surface area contributed by atoms with Crippen LogP contribution in [-0.4, -0.2) is 39.9 Å². The van der Waals surface area contributed by atoms with Gasteiger partial charge in [-0.15, -0.1) is 0 Å². The Kier molecular flexibility index (Phi) is 3.37. The van der Waals surface area contributed by atoms with Gasteiger partial charge in [0, 0.05) is 13.1 Å². The second-order valence-corrected chi connectivity index (χ2v) is 4.67. The first kappa shape index (κ1) is 13.4. The second-order valence-electron chi connectivity index (χ2n) is 4.67. The van der Waals surface area contributed by atoms with Gasteiger partial charge in [0.2, 0.25) is 5.89 Å². The van der Waals surface area contributed by atoms with Crippen molar-refractivity contribution in [3.05, 3.63) is 17.8 Å². The summed E-state index contributed by atoms with van der Waals surface area (Å²) in [6.07, 6.45) is -3.60. The molecule has 1 saturated heterocycles. The number of nitrogens with zero attached hydrogens (tertiary/aromatic N) is 2. The number of aromatic nitrogens is 1. The fraction of sp³-hybridized carbons (Fsp3) is 0.727. The molecule has 0 bridgehead atoms. The summed E-state index contributed by atoms with van der Waals surface area (Å²) in [4.78, 5) is 5.80. The molecule has 18 heavy (non-hydrogen) atoms. The van der Waals surface area contributed by atoms with E-state index in [1.807, 2.05) is 0 Å². The van der Waals surface area contributed by atoms with Crippen LogP contribution in [0.1, 0.15) is 24.5 Å². The van der Waals surface area contributed by atoms with Crippen molar-refractivity contribution in [3.63, 3.8) is 0 Å². The predicted molar refractivity (Wildman–Crippen MR) is 56.8 cm³/mol. The summed E-state index contributed by atoms with van der Waals surface area (Å²) in [5.41, 5.74) is -2.55. The molecule has 0 aliphatic carbocycles. The van der Waals surface area contributed by atoms with Gasteiger partial charge in [-0.25, -0.2) is 4.98 Å². The van der Waals surface area contributed by atoms with E-state index in [0.717, 1.165) is 0 Å². The minimum Gasteiger partial charge on any atom is -0.445 e. The van der Waals surface area contributed by atoms with Crippen LogP contribution in [-0.2, 0) is 6.54 Å². The van der Waals surface area contributed by atoms with E-state index >= 15 is 0 Å². The van der Waals surface area contributed by atoms with E-state index < -0.39 is 11.8 Å². The van der Waals surface area contributed by atoms with Crippen molar-refractivity contribution >= 4 is 0 Å². The van der Waals surface area contributed by atoms with Gasteiger partial charge in [-0.05, 0) is 19.8 Å². The Morgan fingerprint density at radius 2 is 2.06 bits per heavy atom. The van der Waals surface area contributed by atoms with Crippen LogP contribution in [0.4, 0.5) is 13.2 Å². The molecule has 4 nitrogen and oxygen atoms in total. The third-order valence-corrected chi connectivity index (χ3v) is 3.24. The Bertz CT molecular complexity index is 409. The molecule has 0 aromatic carbocycles. The Morgan fingerprint density at radius 3 is 2.50 bits per heavy atom. The highest BCUT2D eigenvalue weighted by atomic mass is 19.4. The van der Waals surface area contributed by atoms with Crippen molar-refractivity contribution in [1.29, 1.82) is 0 Å². The van der Waals surface area contributed by atoms with E-state index in [1.165, 1.54) is 0 Å². The highest BCUT2D eigenvalue weighted by Gasteiger charge is 2.54. The molecule has 2 rings (SSSR count). The number of rotatable bonds is 2. The van der Waals surface area contributed by atoms with Crippen LogP contribution in [0.5, 0.6) is 0 Å². The van der Waals surface area contributed by atoms with Crippen molar-refractivity contribution in [2.45, 2.75) is 38.1 Å².